The van der Waals surface area contributed by atoms with E-state index in [2.05, 4.69) is 4.90 Å². The second-order valence-corrected chi connectivity index (χ2v) is 8.33. The number of hydrogen-bond donors (Lipinski definition) is 0. The predicted octanol–water partition coefficient (Wildman–Crippen LogP) is 3.19. The molecule has 2 aromatic rings. The van der Waals surface area contributed by atoms with Crippen LogP contribution in [0, 0.1) is 11.7 Å². The van der Waals surface area contributed by atoms with Gasteiger partial charge in [0.2, 0.25) is 11.8 Å². The highest BCUT2D eigenvalue weighted by atomic mass is 35.5. The molecule has 0 unspecified atom stereocenters. The molecule has 2 fully saturated rings. The van der Waals surface area contributed by atoms with Crippen LogP contribution in [0.1, 0.15) is 12.0 Å². The Hall–Kier alpha value is -2.64. The second kappa shape index (κ2) is 9.24. The fraction of sp³-hybridized carbons (Fsp3) is 0.391. The summed E-state index contributed by atoms with van der Waals surface area (Å²) in [4.78, 5) is 31.2. The highest BCUT2D eigenvalue weighted by Gasteiger charge is 2.38. The van der Waals surface area contributed by atoms with Crippen LogP contribution < -0.4 is 9.64 Å². The fourth-order valence-electron chi connectivity index (χ4n) is 4.23. The number of benzene rings is 2. The number of nitrogens with zero attached hydrogens (tertiary/aromatic N) is 3. The maximum atomic E-state index is 13.9. The number of ether oxygens (including phenoxy) is 1. The summed E-state index contributed by atoms with van der Waals surface area (Å²) < 4.78 is 18.9. The Morgan fingerprint density at radius 3 is 2.58 bits per heavy atom. The third kappa shape index (κ3) is 4.67. The maximum Gasteiger partial charge on any atom is 0.228 e. The molecule has 0 radical (unpaired) electrons. The quantitative estimate of drug-likeness (QED) is 0.709. The monoisotopic (exact) mass is 445 g/mol. The van der Waals surface area contributed by atoms with Crippen LogP contribution in [0.3, 0.4) is 0 Å². The van der Waals surface area contributed by atoms with Crippen molar-refractivity contribution >= 4 is 29.1 Å². The lowest BCUT2D eigenvalue weighted by molar-refractivity contribution is -0.137. The second-order valence-electron chi connectivity index (χ2n) is 7.93. The van der Waals surface area contributed by atoms with Crippen LogP contribution in [0.4, 0.5) is 10.1 Å². The normalized spacial score (nSPS) is 19.7. The topological polar surface area (TPSA) is 53.1 Å². The van der Waals surface area contributed by atoms with Crippen LogP contribution in [0.2, 0.25) is 5.02 Å². The number of carbonyl (C=O) groups excluding carboxylic acids is 2. The van der Waals surface area contributed by atoms with E-state index >= 15 is 0 Å². The Balaban J connectivity index is 1.32. The highest BCUT2D eigenvalue weighted by molar-refractivity contribution is 6.33. The van der Waals surface area contributed by atoms with Crippen molar-refractivity contribution in [3.05, 3.63) is 58.9 Å². The van der Waals surface area contributed by atoms with Gasteiger partial charge in [-0.1, -0.05) is 29.8 Å². The van der Waals surface area contributed by atoms with Crippen molar-refractivity contribution in [3.8, 4) is 5.75 Å². The first-order valence-corrected chi connectivity index (χ1v) is 10.7. The molecule has 164 valence electrons. The zero-order valence-electron chi connectivity index (χ0n) is 17.4. The van der Waals surface area contributed by atoms with Gasteiger partial charge in [-0.25, -0.2) is 4.39 Å². The van der Waals surface area contributed by atoms with Gasteiger partial charge in [0, 0.05) is 45.7 Å². The smallest absolute Gasteiger partial charge is 0.228 e. The summed E-state index contributed by atoms with van der Waals surface area (Å²) in [7, 11) is 1.44. The van der Waals surface area contributed by atoms with Crippen LogP contribution in [-0.4, -0.2) is 61.4 Å². The average Bonchev–Trinajstić information content (AvgIpc) is 3.15. The molecule has 2 aromatic carbocycles. The molecule has 0 N–H and O–H groups in total. The molecule has 4 rings (SSSR count). The lowest BCUT2D eigenvalue weighted by atomic mass is 10.1. The van der Waals surface area contributed by atoms with Gasteiger partial charge in [-0.15, -0.1) is 0 Å². The molecular formula is C23H25ClFN3O3. The van der Waals surface area contributed by atoms with Crippen LogP contribution in [0.15, 0.2) is 42.5 Å². The van der Waals surface area contributed by atoms with E-state index in [9.17, 15) is 14.0 Å². The van der Waals surface area contributed by atoms with E-state index in [1.807, 2.05) is 23.1 Å². The molecule has 31 heavy (non-hydrogen) atoms. The van der Waals surface area contributed by atoms with Gasteiger partial charge in [0.05, 0.1) is 23.7 Å². The fourth-order valence-corrected chi connectivity index (χ4v) is 4.47. The summed E-state index contributed by atoms with van der Waals surface area (Å²) in [6, 6.07) is 12.2. The molecule has 6 nitrogen and oxygen atoms in total. The Kier molecular flexibility index (Phi) is 6.43. The number of piperazine rings is 1. The van der Waals surface area contributed by atoms with Gasteiger partial charge in [-0.2, -0.15) is 0 Å². The first kappa shape index (κ1) is 21.6. The van der Waals surface area contributed by atoms with Crippen molar-refractivity contribution in [1.29, 1.82) is 0 Å². The third-order valence-corrected chi connectivity index (χ3v) is 6.24. The molecular weight excluding hydrogens is 421 g/mol. The van der Waals surface area contributed by atoms with Crippen LogP contribution in [0.5, 0.6) is 5.75 Å². The van der Waals surface area contributed by atoms with Crippen molar-refractivity contribution in [1.82, 2.24) is 9.80 Å². The summed E-state index contributed by atoms with van der Waals surface area (Å²) in [6.45, 7) is 3.56. The molecule has 2 saturated heterocycles. The van der Waals surface area contributed by atoms with Gasteiger partial charge in [-0.05, 0) is 29.8 Å². The number of carbonyl (C=O) groups is 2. The van der Waals surface area contributed by atoms with Crippen molar-refractivity contribution in [2.45, 2.75) is 13.0 Å². The van der Waals surface area contributed by atoms with Gasteiger partial charge in [0.25, 0.3) is 0 Å². The molecule has 0 bridgehead atoms. The molecule has 0 saturated carbocycles. The molecule has 2 aliphatic heterocycles. The van der Waals surface area contributed by atoms with E-state index in [-0.39, 0.29) is 35.7 Å². The number of anilines is 1. The molecule has 0 aromatic heterocycles. The number of methoxy groups -OCH3 is 1. The summed E-state index contributed by atoms with van der Waals surface area (Å²) in [5.74, 6) is -0.561. The average molecular weight is 446 g/mol. The van der Waals surface area contributed by atoms with E-state index < -0.39 is 0 Å². The van der Waals surface area contributed by atoms with Gasteiger partial charge in [-0.3, -0.25) is 14.5 Å². The minimum atomic E-state index is -0.372. The van der Waals surface area contributed by atoms with Crippen molar-refractivity contribution in [2.24, 2.45) is 5.92 Å². The molecule has 1 atom stereocenters. The predicted molar refractivity (Wildman–Crippen MR) is 117 cm³/mol. The van der Waals surface area contributed by atoms with Gasteiger partial charge in [0.1, 0.15) is 0 Å². The Labute approximate surface area is 186 Å². The van der Waals surface area contributed by atoms with Gasteiger partial charge >= 0.3 is 0 Å². The van der Waals surface area contributed by atoms with Crippen molar-refractivity contribution in [3.63, 3.8) is 0 Å². The van der Waals surface area contributed by atoms with E-state index in [4.69, 9.17) is 16.3 Å². The number of amides is 2. The summed E-state index contributed by atoms with van der Waals surface area (Å²) in [6.07, 6.45) is 0.204. The Morgan fingerprint density at radius 2 is 1.90 bits per heavy atom. The number of rotatable bonds is 5. The molecule has 2 heterocycles. The molecule has 0 aliphatic carbocycles. The van der Waals surface area contributed by atoms with E-state index in [1.165, 1.54) is 13.2 Å². The summed E-state index contributed by atoms with van der Waals surface area (Å²) in [5, 5.41) is 0.507. The van der Waals surface area contributed by atoms with E-state index in [0.29, 0.717) is 50.0 Å². The largest absolute Gasteiger partial charge is 0.494 e. The Morgan fingerprint density at radius 1 is 1.16 bits per heavy atom. The van der Waals surface area contributed by atoms with E-state index in [1.54, 1.807) is 23.1 Å². The molecule has 2 amide bonds. The van der Waals surface area contributed by atoms with Gasteiger partial charge < -0.3 is 14.5 Å². The SMILES string of the molecule is COc1ccc(CN2CCN(C(=O)[C@H]3CC(=O)N(c4ccccc4Cl)C3)CC2)cc1F. The Bertz CT molecular complexity index is 978. The third-order valence-electron chi connectivity index (χ3n) is 5.92. The lowest BCUT2D eigenvalue weighted by Gasteiger charge is -2.36. The number of halogens is 2. The molecule has 2 aliphatic rings. The first-order valence-electron chi connectivity index (χ1n) is 10.3. The standard InChI is InChI=1S/C23H25ClFN3O3/c1-31-21-7-6-16(12-19(21)25)14-26-8-10-27(11-9-26)23(30)17-13-22(29)28(15-17)20-5-3-2-4-18(20)24/h2-7,12,17H,8-11,13-15H2,1H3/t17-/m0/s1. The number of hydrogen-bond acceptors (Lipinski definition) is 4. The molecule has 8 heteroatoms. The minimum Gasteiger partial charge on any atom is -0.494 e. The first-order chi connectivity index (χ1) is 15.0. The highest BCUT2D eigenvalue weighted by Crippen LogP contribution is 2.31. The van der Waals surface area contributed by atoms with Crippen molar-refractivity contribution in [2.75, 3.05) is 44.7 Å². The van der Waals surface area contributed by atoms with Crippen LogP contribution in [-0.2, 0) is 16.1 Å². The van der Waals surface area contributed by atoms with Crippen LogP contribution >= 0.6 is 11.6 Å². The van der Waals surface area contributed by atoms with E-state index in [0.717, 1.165) is 5.56 Å². The minimum absolute atomic E-state index is 0.0121. The maximum absolute atomic E-state index is 13.9. The zero-order valence-corrected chi connectivity index (χ0v) is 18.1. The summed E-state index contributed by atoms with van der Waals surface area (Å²) >= 11 is 6.23. The van der Waals surface area contributed by atoms with Gasteiger partial charge in [0.15, 0.2) is 11.6 Å². The number of para-hydroxylation sites is 1. The zero-order chi connectivity index (χ0) is 22.0. The molecule has 0 spiro atoms. The summed E-state index contributed by atoms with van der Waals surface area (Å²) in [5.41, 5.74) is 1.52. The lowest BCUT2D eigenvalue weighted by Crippen LogP contribution is -2.50. The van der Waals surface area contributed by atoms with Crippen molar-refractivity contribution < 1.29 is 18.7 Å². The van der Waals surface area contributed by atoms with Crippen LogP contribution in [0.25, 0.3) is 0 Å².